The van der Waals surface area contributed by atoms with E-state index in [1.807, 2.05) is 6.07 Å². The van der Waals surface area contributed by atoms with Gasteiger partial charge in [-0.15, -0.1) is 11.3 Å². The zero-order chi connectivity index (χ0) is 17.7. The fourth-order valence-corrected chi connectivity index (χ4v) is 5.62. The van der Waals surface area contributed by atoms with E-state index in [2.05, 4.69) is 34.0 Å². The molecule has 132 valence electrons. The number of aryl methyl sites for hydroxylation is 3. The highest BCUT2D eigenvalue weighted by molar-refractivity contribution is 7.98. The number of hydrogen-bond donors (Lipinski definition) is 2. The molecule has 5 nitrogen and oxygen atoms in total. The highest BCUT2D eigenvalue weighted by atomic mass is 32.2. The number of aromatic nitrogens is 4. The van der Waals surface area contributed by atoms with Crippen molar-refractivity contribution in [1.82, 2.24) is 19.9 Å². The van der Waals surface area contributed by atoms with Crippen molar-refractivity contribution >= 4 is 44.3 Å². The first-order valence-corrected chi connectivity index (χ1v) is 10.6. The molecule has 0 atom stereocenters. The van der Waals surface area contributed by atoms with Crippen LogP contribution >= 0.6 is 23.1 Å². The van der Waals surface area contributed by atoms with Gasteiger partial charge in [0.05, 0.1) is 22.2 Å². The standard InChI is InChI=1S/C19H18N4OS2/c1-10-6-7-12-13(8-10)21-19(20-12)25-9-15-22-17(24)16-11-4-2-3-5-14(11)26-18(16)23-15/h6-8H,2-5,9H2,1H3,(H,20,21)(H,22,23,24). The summed E-state index contributed by atoms with van der Waals surface area (Å²) in [6.45, 7) is 2.07. The summed E-state index contributed by atoms with van der Waals surface area (Å²) in [4.78, 5) is 30.5. The van der Waals surface area contributed by atoms with Gasteiger partial charge in [0, 0.05) is 4.88 Å². The van der Waals surface area contributed by atoms with Gasteiger partial charge in [-0.3, -0.25) is 4.79 Å². The molecule has 4 aromatic rings. The Hall–Kier alpha value is -2.12. The number of hydrogen-bond acceptors (Lipinski definition) is 5. The topological polar surface area (TPSA) is 74.4 Å². The van der Waals surface area contributed by atoms with Crippen LogP contribution in [0.15, 0.2) is 28.2 Å². The van der Waals surface area contributed by atoms with Crippen LogP contribution in [0.3, 0.4) is 0 Å². The third-order valence-electron chi connectivity index (χ3n) is 4.84. The smallest absolute Gasteiger partial charge is 0.259 e. The van der Waals surface area contributed by atoms with E-state index in [9.17, 15) is 4.79 Å². The van der Waals surface area contributed by atoms with Crippen molar-refractivity contribution in [3.8, 4) is 0 Å². The Morgan fingerprint density at radius 2 is 2.08 bits per heavy atom. The molecule has 0 saturated carbocycles. The molecule has 0 amide bonds. The fourth-order valence-electron chi connectivity index (χ4n) is 3.58. The third kappa shape index (κ3) is 2.75. The number of aromatic amines is 2. The molecule has 1 aliphatic carbocycles. The van der Waals surface area contributed by atoms with Crippen LogP contribution in [-0.4, -0.2) is 19.9 Å². The lowest BCUT2D eigenvalue weighted by Gasteiger charge is -2.09. The van der Waals surface area contributed by atoms with Crippen molar-refractivity contribution in [3.05, 3.63) is 50.4 Å². The highest BCUT2D eigenvalue weighted by Gasteiger charge is 2.19. The largest absolute Gasteiger partial charge is 0.333 e. The van der Waals surface area contributed by atoms with Crippen LogP contribution in [0.1, 0.15) is 34.7 Å². The number of thiophene rings is 1. The Morgan fingerprint density at radius 1 is 1.19 bits per heavy atom. The first-order valence-electron chi connectivity index (χ1n) is 8.80. The van der Waals surface area contributed by atoms with Gasteiger partial charge < -0.3 is 9.97 Å². The summed E-state index contributed by atoms with van der Waals surface area (Å²) >= 11 is 3.25. The van der Waals surface area contributed by atoms with Gasteiger partial charge in [-0.2, -0.15) is 0 Å². The normalized spacial score (nSPS) is 14.2. The molecule has 3 heterocycles. The lowest BCUT2D eigenvalue weighted by molar-refractivity contribution is 0.700. The van der Waals surface area contributed by atoms with Gasteiger partial charge in [0.1, 0.15) is 10.7 Å². The van der Waals surface area contributed by atoms with E-state index in [-0.39, 0.29) is 5.56 Å². The molecule has 0 bridgehead atoms. The average molecular weight is 383 g/mol. The molecule has 0 aliphatic heterocycles. The van der Waals surface area contributed by atoms with E-state index in [1.165, 1.54) is 28.8 Å². The van der Waals surface area contributed by atoms with Crippen molar-refractivity contribution in [2.24, 2.45) is 0 Å². The second-order valence-electron chi connectivity index (χ2n) is 6.75. The zero-order valence-corrected chi connectivity index (χ0v) is 16.0. The maximum Gasteiger partial charge on any atom is 0.259 e. The Kier molecular flexibility index (Phi) is 3.86. The van der Waals surface area contributed by atoms with E-state index >= 15 is 0 Å². The summed E-state index contributed by atoms with van der Waals surface area (Å²) < 4.78 is 0. The summed E-state index contributed by atoms with van der Waals surface area (Å²) in [5.41, 5.74) is 4.44. The van der Waals surface area contributed by atoms with E-state index in [1.54, 1.807) is 23.1 Å². The zero-order valence-electron chi connectivity index (χ0n) is 14.4. The first-order chi connectivity index (χ1) is 12.7. The molecule has 3 aromatic heterocycles. The molecule has 0 spiro atoms. The molecule has 1 aromatic carbocycles. The molecule has 0 saturated heterocycles. The molecular weight excluding hydrogens is 364 g/mol. The monoisotopic (exact) mass is 382 g/mol. The van der Waals surface area contributed by atoms with Gasteiger partial charge in [-0.25, -0.2) is 9.97 Å². The third-order valence-corrected chi connectivity index (χ3v) is 6.91. The molecule has 0 unspecified atom stereocenters. The molecule has 2 N–H and O–H groups in total. The van der Waals surface area contributed by atoms with Crippen LogP contribution in [0.4, 0.5) is 0 Å². The fraction of sp³-hybridized carbons (Fsp3) is 0.316. The molecule has 5 rings (SSSR count). The maximum absolute atomic E-state index is 12.6. The van der Waals surface area contributed by atoms with Crippen molar-refractivity contribution in [2.45, 2.75) is 43.5 Å². The van der Waals surface area contributed by atoms with Crippen LogP contribution in [0.2, 0.25) is 0 Å². The maximum atomic E-state index is 12.6. The van der Waals surface area contributed by atoms with Crippen LogP contribution in [0, 0.1) is 6.92 Å². The van der Waals surface area contributed by atoms with E-state index < -0.39 is 0 Å². The second-order valence-corrected chi connectivity index (χ2v) is 8.80. The number of nitrogens with zero attached hydrogens (tertiary/aromatic N) is 2. The minimum atomic E-state index is 0.00484. The summed E-state index contributed by atoms with van der Waals surface area (Å²) in [7, 11) is 0. The highest BCUT2D eigenvalue weighted by Crippen LogP contribution is 2.33. The van der Waals surface area contributed by atoms with Gasteiger partial charge in [0.15, 0.2) is 5.16 Å². The average Bonchev–Trinajstić information content (AvgIpc) is 3.20. The number of thioether (sulfide) groups is 1. The molecule has 26 heavy (non-hydrogen) atoms. The van der Waals surface area contributed by atoms with Gasteiger partial charge in [0.2, 0.25) is 0 Å². The Labute approximate surface area is 158 Å². The van der Waals surface area contributed by atoms with Crippen molar-refractivity contribution in [3.63, 3.8) is 0 Å². The lowest BCUT2D eigenvalue weighted by Crippen LogP contribution is -2.12. The number of H-pyrrole nitrogens is 2. The van der Waals surface area contributed by atoms with Crippen molar-refractivity contribution < 1.29 is 0 Å². The summed E-state index contributed by atoms with van der Waals surface area (Å²) in [6.07, 6.45) is 4.47. The van der Waals surface area contributed by atoms with Gasteiger partial charge in [0.25, 0.3) is 5.56 Å². The predicted octanol–water partition coefficient (Wildman–Crippen LogP) is 4.34. The molecule has 1 aliphatic rings. The van der Waals surface area contributed by atoms with Crippen molar-refractivity contribution in [1.29, 1.82) is 0 Å². The van der Waals surface area contributed by atoms with Crippen LogP contribution in [0.25, 0.3) is 21.3 Å². The molecule has 0 fully saturated rings. The summed E-state index contributed by atoms with van der Waals surface area (Å²) in [5.74, 6) is 1.30. The summed E-state index contributed by atoms with van der Waals surface area (Å²) in [5, 5.41) is 1.66. The van der Waals surface area contributed by atoms with Crippen molar-refractivity contribution in [2.75, 3.05) is 0 Å². The minimum absolute atomic E-state index is 0.00484. The predicted molar refractivity (Wildman–Crippen MR) is 107 cm³/mol. The number of fused-ring (bicyclic) bond motifs is 4. The molecule has 0 radical (unpaired) electrons. The van der Waals surface area contributed by atoms with Gasteiger partial charge in [-0.1, -0.05) is 17.8 Å². The summed E-state index contributed by atoms with van der Waals surface area (Å²) in [6, 6.07) is 6.17. The Bertz CT molecular complexity index is 1190. The van der Waals surface area contributed by atoms with Crippen LogP contribution in [-0.2, 0) is 18.6 Å². The molecular formula is C19H18N4OS2. The lowest BCUT2D eigenvalue weighted by atomic mass is 9.97. The Morgan fingerprint density at radius 3 is 3.00 bits per heavy atom. The number of benzene rings is 1. The number of imidazole rings is 1. The number of nitrogens with one attached hydrogen (secondary N) is 2. The van der Waals surface area contributed by atoms with Crippen LogP contribution < -0.4 is 5.56 Å². The van der Waals surface area contributed by atoms with Gasteiger partial charge in [-0.05, 0) is 55.9 Å². The molecule has 7 heteroatoms. The second kappa shape index (κ2) is 6.25. The SMILES string of the molecule is Cc1ccc2nc(SCc3nc4sc5c(c4c(=O)[nH]3)CCCC5)[nH]c2c1. The van der Waals surface area contributed by atoms with E-state index in [0.717, 1.165) is 39.2 Å². The number of rotatable bonds is 3. The Balaban J connectivity index is 1.44. The van der Waals surface area contributed by atoms with Crippen LogP contribution in [0.5, 0.6) is 0 Å². The van der Waals surface area contributed by atoms with Gasteiger partial charge >= 0.3 is 0 Å². The first kappa shape index (κ1) is 16.1. The van der Waals surface area contributed by atoms with E-state index in [4.69, 9.17) is 4.98 Å². The van der Waals surface area contributed by atoms with E-state index in [0.29, 0.717) is 11.6 Å². The minimum Gasteiger partial charge on any atom is -0.333 e. The quantitative estimate of drug-likeness (QED) is 0.517.